The minimum absolute atomic E-state index is 0.000561. The molecule has 2 aliphatic rings. The van der Waals surface area contributed by atoms with Gasteiger partial charge < -0.3 is 25.9 Å². The maximum Gasteiger partial charge on any atom is 0.316 e. The number of aliphatic carboxylic acids is 1. The average Bonchev–Trinajstić information content (AvgIpc) is 3.13. The lowest BCUT2D eigenvalue weighted by Gasteiger charge is -2.53. The number of anilines is 1. The summed E-state index contributed by atoms with van der Waals surface area (Å²) in [6.45, 7) is 0.0571. The second kappa shape index (κ2) is 8.83. The second-order valence-corrected chi connectivity index (χ2v) is 8.98. The predicted octanol–water partition coefficient (Wildman–Crippen LogP) is -0.0671. The Kier molecular flexibility index (Phi) is 6.62. The van der Waals surface area contributed by atoms with Crippen LogP contribution in [-0.2, 0) is 19.2 Å². The van der Waals surface area contributed by atoms with Crippen molar-refractivity contribution in [1.82, 2.24) is 19.6 Å². The highest BCUT2D eigenvalue weighted by Crippen LogP contribution is 2.43. The number of hydrogen-bond donors (Lipinski definition) is 3. The number of nitrogen functional groups attached to an aromatic ring is 1. The maximum absolute atomic E-state index is 12.6. The van der Waals surface area contributed by atoms with Gasteiger partial charge in [0.15, 0.2) is 5.13 Å². The number of nitrogens with zero attached hydrogens (tertiary/aromatic N) is 4. The molecule has 2 aliphatic heterocycles. The normalized spacial score (nSPS) is 26.8. The number of carbonyl (C=O) groups is 3. The van der Waals surface area contributed by atoms with Crippen LogP contribution < -0.4 is 11.1 Å². The number of nitrogens with one attached hydrogen (secondary N) is 1. The number of carboxylic acid groups (broad SMARTS) is 1. The lowest BCUT2D eigenvalue weighted by molar-refractivity contribution is -0.156. The van der Waals surface area contributed by atoms with E-state index < -0.39 is 23.3 Å². The Hall–Kier alpha value is -1.94. The van der Waals surface area contributed by atoms with Gasteiger partial charge in [-0.25, -0.2) is 0 Å². The highest BCUT2D eigenvalue weighted by Gasteiger charge is 2.56. The summed E-state index contributed by atoms with van der Waals surface area (Å²) in [5.41, 5.74) is 4.21. The van der Waals surface area contributed by atoms with E-state index in [0.717, 1.165) is 11.5 Å². The molecule has 11 nitrogen and oxygen atoms in total. The first kappa shape index (κ1) is 21.8. The van der Waals surface area contributed by atoms with Crippen molar-refractivity contribution in [1.29, 1.82) is 0 Å². The highest BCUT2D eigenvalue weighted by molar-refractivity contribution is 14.1. The summed E-state index contributed by atoms with van der Waals surface area (Å²) in [5.74, 6) is -1.72. The first-order valence-electron chi connectivity index (χ1n) is 8.23. The number of thioether (sulfide) groups is 1. The molecule has 156 valence electrons. The van der Waals surface area contributed by atoms with Gasteiger partial charge in [0.2, 0.25) is 17.4 Å². The molecule has 0 aliphatic carbocycles. The van der Waals surface area contributed by atoms with Crippen LogP contribution in [0.5, 0.6) is 0 Å². The summed E-state index contributed by atoms with van der Waals surface area (Å²) >= 11 is 4.34. The predicted molar refractivity (Wildman–Crippen MR) is 116 cm³/mol. The highest BCUT2D eigenvalue weighted by atomic mass is 127. The quantitative estimate of drug-likeness (QED) is 0.105. The van der Waals surface area contributed by atoms with Gasteiger partial charge in [0.1, 0.15) is 23.9 Å². The topological polar surface area (TPSA) is 160 Å². The molecule has 1 aromatic rings. The number of fused-ring (bicyclic) bond motifs is 1. The molecular formula is C15H17IN6O5S2. The summed E-state index contributed by atoms with van der Waals surface area (Å²) in [6.07, 6.45) is 3.42. The number of aromatic nitrogens is 2. The molecule has 2 unspecified atom stereocenters. The number of halogens is 1. The number of alkyl halides is 1. The number of hydrogen-bond acceptors (Lipinski definition) is 10. The van der Waals surface area contributed by atoms with E-state index in [9.17, 15) is 19.5 Å². The third-order valence-corrected chi connectivity index (χ3v) is 7.00. The number of oxime groups is 1. The number of carboxylic acids is 1. The zero-order valence-corrected chi connectivity index (χ0v) is 18.9. The first-order valence-corrected chi connectivity index (χ1v) is 11.6. The molecule has 4 N–H and O–H groups in total. The van der Waals surface area contributed by atoms with Crippen LogP contribution in [0.3, 0.4) is 0 Å². The first-order chi connectivity index (χ1) is 13.8. The molecule has 29 heavy (non-hydrogen) atoms. The van der Waals surface area contributed by atoms with Gasteiger partial charge in [-0.3, -0.25) is 14.4 Å². The van der Waals surface area contributed by atoms with E-state index in [1.54, 1.807) is 12.2 Å². The summed E-state index contributed by atoms with van der Waals surface area (Å²) in [7, 11) is 1.27. The molecule has 0 saturated carbocycles. The molecule has 3 atom stereocenters. The van der Waals surface area contributed by atoms with Crippen molar-refractivity contribution in [2.24, 2.45) is 10.6 Å². The molecule has 2 fully saturated rings. The van der Waals surface area contributed by atoms with Gasteiger partial charge in [-0.1, -0.05) is 39.9 Å². The summed E-state index contributed by atoms with van der Waals surface area (Å²) in [4.78, 5) is 47.1. The van der Waals surface area contributed by atoms with Gasteiger partial charge in [0, 0.05) is 28.3 Å². The van der Waals surface area contributed by atoms with E-state index in [1.165, 1.54) is 23.8 Å². The van der Waals surface area contributed by atoms with Crippen molar-refractivity contribution < 1.29 is 24.3 Å². The Bertz CT molecular complexity index is 892. The molecular weight excluding hydrogens is 535 g/mol. The van der Waals surface area contributed by atoms with Crippen molar-refractivity contribution in [2.45, 2.75) is 11.4 Å². The van der Waals surface area contributed by atoms with Gasteiger partial charge in [0.05, 0.1) is 0 Å². The van der Waals surface area contributed by atoms with E-state index in [2.05, 4.69) is 47.3 Å². The van der Waals surface area contributed by atoms with Crippen LogP contribution in [0, 0.1) is 5.41 Å². The molecule has 14 heteroatoms. The number of rotatable bonds is 7. The van der Waals surface area contributed by atoms with E-state index in [4.69, 9.17) is 5.73 Å². The van der Waals surface area contributed by atoms with Crippen molar-refractivity contribution in [3.8, 4) is 0 Å². The fraction of sp³-hybridized carbons (Fsp3) is 0.467. The molecule has 0 spiro atoms. The summed E-state index contributed by atoms with van der Waals surface area (Å²) in [6, 6.07) is -0.800. The Morgan fingerprint density at radius 2 is 2.34 bits per heavy atom. The number of β-lactam (4-membered cyclic amide) rings is 1. The lowest BCUT2D eigenvalue weighted by Crippen LogP contribution is -2.73. The van der Waals surface area contributed by atoms with Gasteiger partial charge >= 0.3 is 5.97 Å². The molecule has 2 saturated heterocycles. The minimum atomic E-state index is -1.14. The standard InChI is InChI=1S/C15H17IN6O5S2/c1-27-20-7(9-19-14(17)29-21-9)10(23)18-8-11(24)22-5-15(13(25)26,3-2-4-16)6-28-12(8)22/h2-3,8,12H,4-6H2,1H3,(H,18,23)(H,25,26)(H2,17,19,21)/t8?,12-,15?/m1/s1. The monoisotopic (exact) mass is 552 g/mol. The Morgan fingerprint density at radius 1 is 1.59 bits per heavy atom. The largest absolute Gasteiger partial charge is 0.481 e. The second-order valence-electron chi connectivity index (χ2n) is 6.22. The van der Waals surface area contributed by atoms with Crippen LogP contribution in [0.1, 0.15) is 5.82 Å². The maximum atomic E-state index is 12.6. The van der Waals surface area contributed by atoms with Crippen molar-refractivity contribution in [3.63, 3.8) is 0 Å². The van der Waals surface area contributed by atoms with Crippen LogP contribution in [0.4, 0.5) is 5.13 Å². The minimum Gasteiger partial charge on any atom is -0.481 e. The van der Waals surface area contributed by atoms with Crippen molar-refractivity contribution in [2.75, 3.05) is 29.6 Å². The van der Waals surface area contributed by atoms with E-state index >= 15 is 0 Å². The SMILES string of the molecule is CON=C(C(=O)NC1C(=O)N2CC(C=CCI)(C(=O)O)CS[C@H]12)c1nsc(N)n1. The van der Waals surface area contributed by atoms with E-state index in [-0.39, 0.29) is 34.5 Å². The van der Waals surface area contributed by atoms with Gasteiger partial charge in [0.25, 0.3) is 5.91 Å². The molecule has 3 heterocycles. The zero-order chi connectivity index (χ0) is 21.2. The van der Waals surface area contributed by atoms with Crippen LogP contribution in [0.25, 0.3) is 0 Å². The smallest absolute Gasteiger partial charge is 0.316 e. The Labute approximate surface area is 187 Å². The Balaban J connectivity index is 1.71. The number of nitrogens with two attached hydrogens (primary N) is 1. The zero-order valence-electron chi connectivity index (χ0n) is 15.1. The third-order valence-electron chi connectivity index (χ3n) is 4.40. The average molecular weight is 552 g/mol. The van der Waals surface area contributed by atoms with Gasteiger partial charge in [-0.15, -0.1) is 11.8 Å². The van der Waals surface area contributed by atoms with Gasteiger partial charge in [-0.05, 0) is 0 Å². The molecule has 0 aromatic carbocycles. The lowest BCUT2D eigenvalue weighted by atomic mass is 9.86. The van der Waals surface area contributed by atoms with E-state index in [1.807, 2.05) is 0 Å². The van der Waals surface area contributed by atoms with Gasteiger partial charge in [-0.2, -0.15) is 9.36 Å². The third kappa shape index (κ3) is 4.18. The molecule has 3 rings (SSSR count). The van der Waals surface area contributed by atoms with Crippen LogP contribution in [0.15, 0.2) is 17.3 Å². The van der Waals surface area contributed by atoms with Crippen LogP contribution in [-0.4, -0.2) is 78.1 Å². The molecule has 0 bridgehead atoms. The molecule has 1 aromatic heterocycles. The summed E-state index contributed by atoms with van der Waals surface area (Å²) < 4.78 is 4.61. The number of amides is 2. The Morgan fingerprint density at radius 3 is 2.93 bits per heavy atom. The molecule has 2 amide bonds. The molecule has 0 radical (unpaired) electrons. The van der Waals surface area contributed by atoms with Crippen molar-refractivity contribution >= 4 is 74.5 Å². The van der Waals surface area contributed by atoms with Crippen molar-refractivity contribution in [3.05, 3.63) is 18.0 Å². The number of carbonyl (C=O) groups excluding carboxylic acids is 2. The fourth-order valence-corrected chi connectivity index (χ4v) is 5.19. The fourth-order valence-electron chi connectivity index (χ4n) is 2.98. The van der Waals surface area contributed by atoms with Crippen LogP contribution >= 0.6 is 45.9 Å². The number of allylic oxidation sites excluding steroid dienone is 1. The van der Waals surface area contributed by atoms with E-state index in [0.29, 0.717) is 10.2 Å². The van der Waals surface area contributed by atoms with Crippen LogP contribution in [0.2, 0.25) is 0 Å². The summed E-state index contributed by atoms with van der Waals surface area (Å²) in [5, 5.41) is 15.7.